The van der Waals surface area contributed by atoms with E-state index in [1.54, 1.807) is 0 Å². The maximum Gasteiger partial charge on any atom is 0.396 e. The zero-order valence-corrected chi connectivity index (χ0v) is 6.45. The molecule has 2 nitrogen and oxygen atoms in total. The van der Waals surface area contributed by atoms with Crippen LogP contribution in [0, 0.1) is 6.07 Å². The van der Waals surface area contributed by atoms with Crippen LogP contribution in [-0.4, -0.2) is 16.1 Å². The van der Waals surface area contributed by atoms with Crippen molar-refractivity contribution < 1.29 is 13.2 Å². The third-order valence-corrected chi connectivity index (χ3v) is 1.18. The molecule has 0 aliphatic carbocycles. The van der Waals surface area contributed by atoms with Crippen LogP contribution in [0.15, 0.2) is 6.20 Å². The summed E-state index contributed by atoms with van der Waals surface area (Å²) in [7, 11) is 0. The molecule has 1 aromatic heterocycles. The van der Waals surface area contributed by atoms with E-state index in [0.29, 0.717) is 0 Å². The lowest BCUT2D eigenvalue weighted by molar-refractivity contribution is -0.128. The van der Waals surface area contributed by atoms with Crippen molar-refractivity contribution in [3.05, 3.63) is 23.2 Å². The molecular weight excluding hydrogens is 193 g/mol. The van der Waals surface area contributed by atoms with Crippen molar-refractivity contribution in [2.45, 2.75) is 12.6 Å². The minimum Gasteiger partial charge on any atom is -0.240 e. The zero-order chi connectivity index (χ0) is 9.19. The Morgan fingerprint density at radius 3 is 2.67 bits per heavy atom. The molecular formula is C6H3ClF3N2. The van der Waals surface area contributed by atoms with Gasteiger partial charge in [0.05, 0.1) is 0 Å². The van der Waals surface area contributed by atoms with E-state index >= 15 is 0 Å². The van der Waals surface area contributed by atoms with Gasteiger partial charge >= 0.3 is 6.18 Å². The summed E-state index contributed by atoms with van der Waals surface area (Å²) in [5, 5.41) is -0.107. The van der Waals surface area contributed by atoms with Crippen molar-refractivity contribution in [1.29, 1.82) is 0 Å². The fourth-order valence-corrected chi connectivity index (χ4v) is 0.745. The van der Waals surface area contributed by atoms with Crippen LogP contribution in [0.3, 0.4) is 0 Å². The molecule has 6 heteroatoms. The second kappa shape index (κ2) is 3.26. The molecule has 65 valence electrons. The van der Waals surface area contributed by atoms with E-state index in [2.05, 4.69) is 16.0 Å². The van der Waals surface area contributed by atoms with Crippen LogP contribution >= 0.6 is 11.6 Å². The summed E-state index contributed by atoms with van der Waals surface area (Å²) in [6, 6.07) is 2.33. The second-order valence-electron chi connectivity index (χ2n) is 2.01. The maximum absolute atomic E-state index is 11.7. The predicted molar refractivity (Wildman–Crippen MR) is 35.6 cm³/mol. The molecule has 0 amide bonds. The Morgan fingerprint density at radius 2 is 2.17 bits per heavy atom. The van der Waals surface area contributed by atoms with Crippen molar-refractivity contribution in [2.75, 3.05) is 0 Å². The summed E-state index contributed by atoms with van der Waals surface area (Å²) in [6.45, 7) is 0. The van der Waals surface area contributed by atoms with E-state index in [0.717, 1.165) is 6.20 Å². The van der Waals surface area contributed by atoms with E-state index < -0.39 is 12.6 Å². The first-order valence-electron chi connectivity index (χ1n) is 2.93. The number of nitrogens with zero attached hydrogens (tertiary/aromatic N) is 2. The van der Waals surface area contributed by atoms with Gasteiger partial charge in [-0.1, -0.05) is 11.6 Å². The Hall–Kier alpha value is -0.840. The molecule has 0 atom stereocenters. The lowest BCUT2D eigenvalue weighted by Gasteiger charge is -2.03. The van der Waals surface area contributed by atoms with Gasteiger partial charge in [0.1, 0.15) is 17.4 Å². The van der Waals surface area contributed by atoms with Crippen LogP contribution < -0.4 is 0 Å². The maximum atomic E-state index is 11.7. The third-order valence-electron chi connectivity index (χ3n) is 0.983. The van der Waals surface area contributed by atoms with Gasteiger partial charge in [0.25, 0.3) is 0 Å². The second-order valence-corrected chi connectivity index (χ2v) is 2.37. The molecule has 0 aliphatic rings. The van der Waals surface area contributed by atoms with Gasteiger partial charge in [-0.2, -0.15) is 13.2 Å². The summed E-state index contributed by atoms with van der Waals surface area (Å²) < 4.78 is 35.2. The van der Waals surface area contributed by atoms with Crippen molar-refractivity contribution >= 4 is 11.6 Å². The average Bonchev–Trinajstić information content (AvgIpc) is 1.82. The first-order valence-corrected chi connectivity index (χ1v) is 3.31. The van der Waals surface area contributed by atoms with E-state index in [1.807, 2.05) is 0 Å². The smallest absolute Gasteiger partial charge is 0.240 e. The minimum absolute atomic E-state index is 0.107. The monoisotopic (exact) mass is 195 g/mol. The SMILES string of the molecule is FC(F)(F)Cc1nc[c]c(Cl)n1. The van der Waals surface area contributed by atoms with Crippen LogP contribution in [0.1, 0.15) is 5.82 Å². The van der Waals surface area contributed by atoms with Gasteiger partial charge in [0, 0.05) is 12.3 Å². The average molecular weight is 196 g/mol. The van der Waals surface area contributed by atoms with Crippen molar-refractivity contribution in [3.8, 4) is 0 Å². The highest BCUT2D eigenvalue weighted by Gasteiger charge is 2.29. The molecule has 1 aromatic rings. The summed E-state index contributed by atoms with van der Waals surface area (Å²) in [6.07, 6.45) is -4.40. The fourth-order valence-electron chi connectivity index (χ4n) is 0.599. The van der Waals surface area contributed by atoms with Crippen LogP contribution in [-0.2, 0) is 6.42 Å². The van der Waals surface area contributed by atoms with Crippen LogP contribution in [0.2, 0.25) is 5.15 Å². The molecule has 0 N–H and O–H groups in total. The fraction of sp³-hybridized carbons (Fsp3) is 0.333. The number of alkyl halides is 3. The highest BCUT2D eigenvalue weighted by Crippen LogP contribution is 2.19. The first-order chi connectivity index (χ1) is 5.47. The van der Waals surface area contributed by atoms with Gasteiger partial charge in [-0.05, 0) is 0 Å². The van der Waals surface area contributed by atoms with Gasteiger partial charge in [0.2, 0.25) is 0 Å². The Balaban J connectivity index is 2.77. The molecule has 0 bridgehead atoms. The Labute approximate surface area is 71.4 Å². The number of aromatic nitrogens is 2. The minimum atomic E-state index is -4.30. The van der Waals surface area contributed by atoms with Crippen molar-refractivity contribution in [2.24, 2.45) is 0 Å². The van der Waals surface area contributed by atoms with E-state index in [1.165, 1.54) is 0 Å². The molecule has 0 aliphatic heterocycles. The standard InChI is InChI=1S/C6H3ClF3N2/c7-4-1-2-11-5(12-4)3-6(8,9)10/h2H,3H2. The molecule has 0 saturated carbocycles. The number of hydrogen-bond donors (Lipinski definition) is 0. The highest BCUT2D eigenvalue weighted by molar-refractivity contribution is 6.29. The Kier molecular flexibility index (Phi) is 2.52. The summed E-state index contributed by atoms with van der Waals surface area (Å²) in [4.78, 5) is 6.69. The Morgan fingerprint density at radius 1 is 1.50 bits per heavy atom. The van der Waals surface area contributed by atoms with E-state index in [9.17, 15) is 13.2 Å². The molecule has 1 radical (unpaired) electrons. The van der Waals surface area contributed by atoms with Gasteiger partial charge < -0.3 is 0 Å². The lowest BCUT2D eigenvalue weighted by Crippen LogP contribution is -2.13. The molecule has 0 spiro atoms. The van der Waals surface area contributed by atoms with Crippen molar-refractivity contribution in [3.63, 3.8) is 0 Å². The van der Waals surface area contributed by atoms with Crippen molar-refractivity contribution in [1.82, 2.24) is 9.97 Å². The quantitative estimate of drug-likeness (QED) is 0.641. The van der Waals surface area contributed by atoms with E-state index in [4.69, 9.17) is 11.6 Å². The first kappa shape index (κ1) is 9.25. The van der Waals surface area contributed by atoms with Gasteiger partial charge in [-0.15, -0.1) is 0 Å². The molecule has 0 aromatic carbocycles. The number of rotatable bonds is 1. The molecule has 12 heavy (non-hydrogen) atoms. The van der Waals surface area contributed by atoms with Gasteiger partial charge in [-0.25, -0.2) is 9.97 Å². The molecule has 1 rings (SSSR count). The molecule has 0 fully saturated rings. The molecule has 0 saturated heterocycles. The largest absolute Gasteiger partial charge is 0.396 e. The number of halogens is 4. The summed E-state index contributed by atoms with van der Waals surface area (Å²) in [5.41, 5.74) is 0. The normalized spacial score (nSPS) is 11.7. The third kappa shape index (κ3) is 3.04. The topological polar surface area (TPSA) is 25.8 Å². The number of hydrogen-bond acceptors (Lipinski definition) is 2. The van der Waals surface area contributed by atoms with Crippen LogP contribution in [0.25, 0.3) is 0 Å². The van der Waals surface area contributed by atoms with Gasteiger partial charge in [-0.3, -0.25) is 0 Å². The molecule has 0 unspecified atom stereocenters. The van der Waals surface area contributed by atoms with Crippen LogP contribution in [0.5, 0.6) is 0 Å². The Bertz CT molecular complexity index is 274. The molecule has 1 heterocycles. The summed E-state index contributed by atoms with van der Waals surface area (Å²) in [5.74, 6) is -0.341. The highest BCUT2D eigenvalue weighted by atomic mass is 35.5. The summed E-state index contributed by atoms with van der Waals surface area (Å²) >= 11 is 5.30. The van der Waals surface area contributed by atoms with Crippen LogP contribution in [0.4, 0.5) is 13.2 Å². The zero-order valence-electron chi connectivity index (χ0n) is 5.69. The van der Waals surface area contributed by atoms with E-state index in [-0.39, 0.29) is 11.0 Å². The lowest BCUT2D eigenvalue weighted by atomic mass is 10.4. The predicted octanol–water partition coefficient (Wildman–Crippen LogP) is 2.03. The van der Waals surface area contributed by atoms with Gasteiger partial charge in [0.15, 0.2) is 0 Å².